The second kappa shape index (κ2) is 8.18. The van der Waals surface area contributed by atoms with Gasteiger partial charge in [0.1, 0.15) is 6.04 Å². The normalized spacial score (nSPS) is 21.7. The third kappa shape index (κ3) is 3.63. The Bertz CT molecular complexity index is 1140. The van der Waals surface area contributed by atoms with Crippen LogP contribution in [0.5, 0.6) is 0 Å². The number of nitrogens with two attached hydrogens (primary N) is 1. The maximum Gasteiger partial charge on any atom is 0.253 e. The minimum atomic E-state index is -0.922. The van der Waals surface area contributed by atoms with Crippen molar-refractivity contribution in [2.45, 2.75) is 38.1 Å². The first-order valence-corrected chi connectivity index (χ1v) is 11.6. The van der Waals surface area contributed by atoms with Gasteiger partial charge in [0, 0.05) is 12.6 Å². The highest BCUT2D eigenvalue weighted by Gasteiger charge is 2.50. The van der Waals surface area contributed by atoms with Crippen LogP contribution in [0.25, 0.3) is 11.1 Å². The van der Waals surface area contributed by atoms with Gasteiger partial charge < -0.3 is 16.0 Å². The molecule has 0 aromatic heterocycles. The average Bonchev–Trinajstić information content (AvgIpc) is 3.53. The van der Waals surface area contributed by atoms with Crippen LogP contribution in [0.2, 0.25) is 0 Å². The zero-order valence-electron chi connectivity index (χ0n) is 18.8. The fraction of sp³-hybridized carbons (Fsp3) is 0.370. The van der Waals surface area contributed by atoms with Gasteiger partial charge in [-0.15, -0.1) is 0 Å². The van der Waals surface area contributed by atoms with Crippen LogP contribution in [0.1, 0.15) is 43.7 Å². The van der Waals surface area contributed by atoms with Crippen LogP contribution < -0.4 is 16.0 Å². The molecule has 2 atom stereocenters. The maximum absolute atomic E-state index is 13.8. The molecule has 1 heterocycles. The molecule has 2 aliphatic carbocycles. The van der Waals surface area contributed by atoms with Crippen molar-refractivity contribution in [1.82, 2.24) is 5.32 Å². The Hall–Kier alpha value is -3.41. The van der Waals surface area contributed by atoms with Crippen LogP contribution in [-0.2, 0) is 14.4 Å². The molecule has 3 amide bonds. The van der Waals surface area contributed by atoms with Crippen LogP contribution in [0.4, 0.5) is 5.69 Å². The topological polar surface area (TPSA) is 92.5 Å². The van der Waals surface area contributed by atoms with Crippen LogP contribution in [0, 0.1) is 17.3 Å². The average molecular weight is 444 g/mol. The number of primary amides is 1. The van der Waals surface area contributed by atoms with Gasteiger partial charge in [-0.3, -0.25) is 14.4 Å². The summed E-state index contributed by atoms with van der Waals surface area (Å²) in [5.74, 6) is -1.04. The zero-order chi connectivity index (χ0) is 23.2. The summed E-state index contributed by atoms with van der Waals surface area (Å²) in [5, 5.41) is 3.05. The molecule has 0 spiro atoms. The van der Waals surface area contributed by atoms with Crippen molar-refractivity contribution in [2.24, 2.45) is 23.0 Å². The van der Waals surface area contributed by atoms with Crippen molar-refractivity contribution in [2.75, 3.05) is 11.9 Å². The van der Waals surface area contributed by atoms with Gasteiger partial charge in [0.05, 0.1) is 17.0 Å². The molecular weight excluding hydrogens is 414 g/mol. The summed E-state index contributed by atoms with van der Waals surface area (Å²) >= 11 is 0. The molecule has 6 nitrogen and oxygen atoms in total. The summed E-state index contributed by atoms with van der Waals surface area (Å²) in [6, 6.07) is 14.6. The Morgan fingerprint density at radius 1 is 1.06 bits per heavy atom. The summed E-state index contributed by atoms with van der Waals surface area (Å²) in [7, 11) is 1.74. The van der Waals surface area contributed by atoms with E-state index >= 15 is 0 Å². The lowest BCUT2D eigenvalue weighted by molar-refractivity contribution is -0.141. The maximum atomic E-state index is 13.8. The Morgan fingerprint density at radius 2 is 1.70 bits per heavy atom. The molecule has 1 aliphatic heterocycles. The van der Waals surface area contributed by atoms with E-state index in [0.29, 0.717) is 25.2 Å². The second-order valence-corrected chi connectivity index (χ2v) is 9.57. The number of nitrogens with one attached hydrogen (secondary N) is 1. The molecule has 3 N–H and O–H groups in total. The Balaban J connectivity index is 1.53. The predicted molar refractivity (Wildman–Crippen MR) is 127 cm³/mol. The lowest BCUT2D eigenvalue weighted by Gasteiger charge is -2.35. The number of benzene rings is 2. The number of hydrogen-bond donors (Lipinski definition) is 2. The first-order valence-electron chi connectivity index (χ1n) is 11.6. The Labute approximate surface area is 193 Å². The van der Waals surface area contributed by atoms with E-state index in [1.54, 1.807) is 11.9 Å². The van der Waals surface area contributed by atoms with Crippen LogP contribution >= 0.6 is 0 Å². The van der Waals surface area contributed by atoms with Crippen LogP contribution in [0.15, 0.2) is 60.7 Å². The molecule has 3 aliphatic rings. The van der Waals surface area contributed by atoms with Gasteiger partial charge in [-0.05, 0) is 42.4 Å². The van der Waals surface area contributed by atoms with Crippen molar-refractivity contribution in [3.05, 3.63) is 66.2 Å². The fourth-order valence-corrected chi connectivity index (χ4v) is 5.41. The third-order valence-electron chi connectivity index (χ3n) is 7.56. The summed E-state index contributed by atoms with van der Waals surface area (Å²) < 4.78 is 0. The number of rotatable bonds is 6. The third-order valence-corrected chi connectivity index (χ3v) is 7.56. The Morgan fingerprint density at radius 3 is 2.36 bits per heavy atom. The standard InChI is InChI=1S/C27H29N3O3/c1-30-22-11-5-4-9-19(22)18-8-2-3-10-20(18)23(25(30)32)29-24(31)21(16-17-12-13-17)27(26(28)33)14-6-7-15-27/h2-11,17,21,23H,12-16H2,1H3,(H2,28,33)(H,29,31)/t21-,23?/m0/s1. The number of likely N-dealkylation sites (N-methyl/N-ethyl adjacent to an activating group) is 1. The highest BCUT2D eigenvalue weighted by molar-refractivity contribution is 6.06. The number of amides is 3. The van der Waals surface area contributed by atoms with Crippen LogP contribution in [-0.4, -0.2) is 24.8 Å². The van der Waals surface area contributed by atoms with Gasteiger partial charge in [-0.25, -0.2) is 0 Å². The van der Waals surface area contributed by atoms with Gasteiger partial charge in [-0.1, -0.05) is 67.5 Å². The largest absolute Gasteiger partial charge is 0.369 e. The number of para-hydroxylation sites is 1. The summed E-state index contributed by atoms with van der Waals surface area (Å²) in [4.78, 5) is 41.6. The molecule has 33 heavy (non-hydrogen) atoms. The monoisotopic (exact) mass is 443 g/mol. The molecular formula is C27H29N3O3. The number of carbonyl (C=O) groups is 3. The molecule has 6 heteroatoms. The molecule has 0 saturated heterocycles. The predicted octanol–water partition coefficient (Wildman–Crippen LogP) is 3.73. The molecule has 1 saturated carbocycles. The molecule has 1 unspecified atom stereocenters. The molecule has 2 aromatic carbocycles. The van der Waals surface area contributed by atoms with E-state index in [1.807, 2.05) is 60.7 Å². The number of anilines is 1. The number of allylic oxidation sites excluding steroid dienone is 2. The van der Waals surface area contributed by atoms with Gasteiger partial charge in [0.15, 0.2) is 0 Å². The molecule has 2 aromatic rings. The van der Waals surface area contributed by atoms with Crippen molar-refractivity contribution in [1.29, 1.82) is 0 Å². The first-order chi connectivity index (χ1) is 15.9. The van der Waals surface area contributed by atoms with Crippen molar-refractivity contribution < 1.29 is 14.4 Å². The minimum absolute atomic E-state index is 0.205. The van der Waals surface area contributed by atoms with E-state index in [0.717, 1.165) is 35.2 Å². The van der Waals surface area contributed by atoms with Crippen molar-refractivity contribution >= 4 is 23.4 Å². The summed E-state index contributed by atoms with van der Waals surface area (Å²) in [6.07, 6.45) is 7.56. The van der Waals surface area contributed by atoms with E-state index in [4.69, 9.17) is 5.73 Å². The quantitative estimate of drug-likeness (QED) is 0.667. The molecule has 1 fully saturated rings. The first kappa shape index (κ1) is 21.4. The number of fused-ring (bicyclic) bond motifs is 3. The molecule has 170 valence electrons. The van der Waals surface area contributed by atoms with E-state index < -0.39 is 23.3 Å². The SMILES string of the molecule is CN1C(=O)C(NC(=O)[C@H](CC2CC2)C2(C(N)=O)CC=CC2)c2ccccc2-c2ccccc21. The van der Waals surface area contributed by atoms with E-state index in [9.17, 15) is 14.4 Å². The lowest BCUT2D eigenvalue weighted by atomic mass is 9.69. The smallest absolute Gasteiger partial charge is 0.253 e. The summed E-state index contributed by atoms with van der Waals surface area (Å²) in [6.45, 7) is 0. The molecule has 0 radical (unpaired) electrons. The second-order valence-electron chi connectivity index (χ2n) is 9.57. The minimum Gasteiger partial charge on any atom is -0.369 e. The highest BCUT2D eigenvalue weighted by atomic mass is 16.2. The van der Waals surface area contributed by atoms with Gasteiger partial charge >= 0.3 is 0 Å². The van der Waals surface area contributed by atoms with Gasteiger partial charge in [-0.2, -0.15) is 0 Å². The van der Waals surface area contributed by atoms with Crippen molar-refractivity contribution in [3.8, 4) is 11.1 Å². The summed E-state index contributed by atoms with van der Waals surface area (Å²) in [5.41, 5.74) is 8.38. The number of hydrogen-bond acceptors (Lipinski definition) is 3. The lowest BCUT2D eigenvalue weighted by Crippen LogP contribution is -2.51. The van der Waals surface area contributed by atoms with Gasteiger partial charge in [0.25, 0.3) is 5.91 Å². The highest BCUT2D eigenvalue weighted by Crippen LogP contribution is 2.48. The number of carbonyl (C=O) groups excluding carboxylic acids is 3. The van der Waals surface area contributed by atoms with E-state index in [-0.39, 0.29) is 11.8 Å². The van der Waals surface area contributed by atoms with Crippen molar-refractivity contribution in [3.63, 3.8) is 0 Å². The Kier molecular flexibility index (Phi) is 5.31. The zero-order valence-corrected chi connectivity index (χ0v) is 18.8. The number of nitrogens with zero attached hydrogens (tertiary/aromatic N) is 1. The fourth-order valence-electron chi connectivity index (χ4n) is 5.41. The molecule has 5 rings (SSSR count). The molecule has 0 bridgehead atoms. The van der Waals surface area contributed by atoms with E-state index in [2.05, 4.69) is 5.32 Å². The van der Waals surface area contributed by atoms with E-state index in [1.165, 1.54) is 0 Å². The van der Waals surface area contributed by atoms with Crippen LogP contribution in [0.3, 0.4) is 0 Å². The van der Waals surface area contributed by atoms with Gasteiger partial charge in [0.2, 0.25) is 11.8 Å².